The molecule has 3 nitrogen and oxygen atoms in total. The highest BCUT2D eigenvalue weighted by Crippen LogP contribution is 2.31. The lowest BCUT2D eigenvalue weighted by Crippen LogP contribution is -2.41. The monoisotopic (exact) mass is 317 g/mol. The molecule has 118 valence electrons. The van der Waals surface area contributed by atoms with Gasteiger partial charge in [-0.3, -0.25) is 0 Å². The number of benzene rings is 1. The molecule has 2 rings (SSSR count). The summed E-state index contributed by atoms with van der Waals surface area (Å²) in [5.74, 6) is -1.69. The number of sulfone groups is 1. The topological polar surface area (TPSA) is 46.2 Å². The summed E-state index contributed by atoms with van der Waals surface area (Å²) >= 11 is 0. The van der Waals surface area contributed by atoms with Gasteiger partial charge in [0.15, 0.2) is 21.5 Å². The predicted molar refractivity (Wildman–Crippen MR) is 78.8 cm³/mol. The largest absolute Gasteiger partial charge is 0.309 e. The molecule has 21 heavy (non-hydrogen) atoms. The molecule has 0 aliphatic carbocycles. The van der Waals surface area contributed by atoms with E-state index in [9.17, 15) is 17.2 Å². The molecule has 1 aromatic rings. The standard InChI is InChI=1S/C15H21F2NO2S/c1-2-8-18-15(11-6-7-12(16)13(17)10-11)14-5-3-4-9-21(14,19)20/h6-7,10,14-15,18H,2-5,8-9H2,1H3. The molecular formula is C15H21F2NO2S. The van der Waals surface area contributed by atoms with Crippen LogP contribution in [-0.4, -0.2) is 26.0 Å². The van der Waals surface area contributed by atoms with Gasteiger partial charge < -0.3 is 5.32 Å². The summed E-state index contributed by atoms with van der Waals surface area (Å²) in [4.78, 5) is 0. The van der Waals surface area contributed by atoms with Crippen molar-refractivity contribution in [3.05, 3.63) is 35.4 Å². The van der Waals surface area contributed by atoms with Gasteiger partial charge in [-0.1, -0.05) is 19.4 Å². The van der Waals surface area contributed by atoms with E-state index < -0.39 is 32.8 Å². The van der Waals surface area contributed by atoms with E-state index in [2.05, 4.69) is 5.32 Å². The van der Waals surface area contributed by atoms with Crippen molar-refractivity contribution in [1.29, 1.82) is 0 Å². The Kier molecular flexibility index (Phi) is 5.32. The van der Waals surface area contributed by atoms with Crippen LogP contribution in [0, 0.1) is 11.6 Å². The lowest BCUT2D eigenvalue weighted by molar-refractivity contribution is 0.441. The Morgan fingerprint density at radius 2 is 2.05 bits per heavy atom. The van der Waals surface area contributed by atoms with Gasteiger partial charge in [0.05, 0.1) is 11.0 Å². The maximum absolute atomic E-state index is 13.5. The first-order valence-corrected chi connectivity index (χ1v) is 9.07. The van der Waals surface area contributed by atoms with Crippen molar-refractivity contribution >= 4 is 9.84 Å². The van der Waals surface area contributed by atoms with Crippen molar-refractivity contribution in [1.82, 2.24) is 5.32 Å². The molecule has 0 aromatic heterocycles. The second kappa shape index (κ2) is 6.83. The van der Waals surface area contributed by atoms with Crippen LogP contribution in [-0.2, 0) is 9.84 Å². The quantitative estimate of drug-likeness (QED) is 0.908. The second-order valence-corrected chi connectivity index (χ2v) is 7.85. The Bertz CT molecular complexity index is 589. The van der Waals surface area contributed by atoms with Gasteiger partial charge in [0.25, 0.3) is 0 Å². The first kappa shape index (κ1) is 16.4. The molecule has 2 unspecified atom stereocenters. The van der Waals surface area contributed by atoms with Gasteiger partial charge in [-0.2, -0.15) is 0 Å². The first-order chi connectivity index (χ1) is 9.95. The molecule has 1 aliphatic heterocycles. The molecule has 1 saturated heterocycles. The average molecular weight is 317 g/mol. The molecule has 0 bridgehead atoms. The van der Waals surface area contributed by atoms with Gasteiger partial charge in [-0.05, 0) is 43.5 Å². The van der Waals surface area contributed by atoms with Gasteiger partial charge in [-0.25, -0.2) is 17.2 Å². The number of halogens is 2. The third-order valence-corrected chi connectivity index (χ3v) is 6.21. The van der Waals surface area contributed by atoms with E-state index in [1.165, 1.54) is 6.07 Å². The molecule has 0 amide bonds. The SMILES string of the molecule is CCCNC(c1ccc(F)c(F)c1)C1CCCCS1(=O)=O. The molecule has 6 heteroatoms. The molecule has 0 spiro atoms. The summed E-state index contributed by atoms with van der Waals surface area (Å²) in [5.41, 5.74) is 0.498. The van der Waals surface area contributed by atoms with Crippen molar-refractivity contribution in [3.63, 3.8) is 0 Å². The van der Waals surface area contributed by atoms with Gasteiger partial charge in [0.1, 0.15) is 0 Å². The molecular weight excluding hydrogens is 296 g/mol. The lowest BCUT2D eigenvalue weighted by Gasteiger charge is -2.31. The van der Waals surface area contributed by atoms with Crippen molar-refractivity contribution in [2.24, 2.45) is 0 Å². The van der Waals surface area contributed by atoms with Crippen LogP contribution in [0.15, 0.2) is 18.2 Å². The normalized spacial score (nSPS) is 22.9. The fourth-order valence-corrected chi connectivity index (χ4v) is 4.93. The maximum atomic E-state index is 13.5. The Hall–Kier alpha value is -1.01. The van der Waals surface area contributed by atoms with Crippen LogP contribution >= 0.6 is 0 Å². The van der Waals surface area contributed by atoms with Crippen molar-refractivity contribution < 1.29 is 17.2 Å². The summed E-state index contributed by atoms with van der Waals surface area (Å²) in [7, 11) is -3.20. The highest BCUT2D eigenvalue weighted by Gasteiger charge is 2.36. The Labute approximate surface area is 124 Å². The van der Waals surface area contributed by atoms with E-state index in [1.54, 1.807) is 0 Å². The van der Waals surface area contributed by atoms with Gasteiger partial charge in [0, 0.05) is 6.04 Å². The molecule has 1 N–H and O–H groups in total. The van der Waals surface area contributed by atoms with Crippen LogP contribution in [0.25, 0.3) is 0 Å². The molecule has 2 atom stereocenters. The third-order valence-electron chi connectivity index (χ3n) is 3.92. The summed E-state index contributed by atoms with van der Waals surface area (Å²) in [6.45, 7) is 2.61. The predicted octanol–water partition coefficient (Wildman–Crippen LogP) is 2.97. The van der Waals surface area contributed by atoms with Crippen LogP contribution in [0.4, 0.5) is 8.78 Å². The zero-order valence-corrected chi connectivity index (χ0v) is 12.9. The lowest BCUT2D eigenvalue weighted by atomic mass is 9.99. The minimum absolute atomic E-state index is 0.172. The fourth-order valence-electron chi connectivity index (χ4n) is 2.82. The van der Waals surface area contributed by atoms with Crippen LogP contribution in [0.1, 0.15) is 44.2 Å². The van der Waals surface area contributed by atoms with E-state index in [1.807, 2.05) is 6.92 Å². The maximum Gasteiger partial charge on any atom is 0.159 e. The van der Waals surface area contributed by atoms with Crippen molar-refractivity contribution in [2.45, 2.75) is 43.9 Å². The number of rotatable bonds is 5. The molecule has 1 heterocycles. The van der Waals surface area contributed by atoms with Crippen LogP contribution in [0.2, 0.25) is 0 Å². The zero-order valence-electron chi connectivity index (χ0n) is 12.1. The Morgan fingerprint density at radius 1 is 1.29 bits per heavy atom. The fraction of sp³-hybridized carbons (Fsp3) is 0.600. The Morgan fingerprint density at radius 3 is 2.67 bits per heavy atom. The minimum atomic E-state index is -3.20. The highest BCUT2D eigenvalue weighted by atomic mass is 32.2. The van der Waals surface area contributed by atoms with Crippen LogP contribution in [0.3, 0.4) is 0 Å². The smallest absolute Gasteiger partial charge is 0.159 e. The Balaban J connectivity index is 2.35. The molecule has 0 radical (unpaired) electrons. The van der Waals surface area contributed by atoms with E-state index in [-0.39, 0.29) is 5.75 Å². The number of nitrogens with one attached hydrogen (secondary N) is 1. The van der Waals surface area contributed by atoms with Crippen molar-refractivity contribution in [3.8, 4) is 0 Å². The molecule has 0 saturated carbocycles. The van der Waals surface area contributed by atoms with Crippen LogP contribution < -0.4 is 5.32 Å². The molecule has 1 fully saturated rings. The van der Waals surface area contributed by atoms with Gasteiger partial charge >= 0.3 is 0 Å². The van der Waals surface area contributed by atoms with Crippen LogP contribution in [0.5, 0.6) is 0 Å². The van der Waals surface area contributed by atoms with E-state index >= 15 is 0 Å². The van der Waals surface area contributed by atoms with E-state index in [0.717, 1.165) is 25.0 Å². The molecule has 1 aromatic carbocycles. The van der Waals surface area contributed by atoms with E-state index in [0.29, 0.717) is 24.9 Å². The van der Waals surface area contributed by atoms with E-state index in [4.69, 9.17) is 0 Å². The van der Waals surface area contributed by atoms with Gasteiger partial charge in [0.2, 0.25) is 0 Å². The summed E-state index contributed by atoms with van der Waals surface area (Å²) < 4.78 is 51.2. The zero-order chi connectivity index (χ0) is 15.5. The first-order valence-electron chi connectivity index (χ1n) is 7.35. The second-order valence-electron chi connectivity index (χ2n) is 5.51. The average Bonchev–Trinajstić information content (AvgIpc) is 2.44. The van der Waals surface area contributed by atoms with Crippen molar-refractivity contribution in [2.75, 3.05) is 12.3 Å². The minimum Gasteiger partial charge on any atom is -0.309 e. The molecule has 1 aliphatic rings. The summed E-state index contributed by atoms with van der Waals surface area (Å²) in [6, 6.07) is 3.15. The third kappa shape index (κ3) is 3.80. The summed E-state index contributed by atoms with van der Waals surface area (Å²) in [6.07, 6.45) is 2.92. The number of hydrogen-bond donors (Lipinski definition) is 1. The highest BCUT2D eigenvalue weighted by molar-refractivity contribution is 7.92. The van der Waals surface area contributed by atoms with Gasteiger partial charge in [-0.15, -0.1) is 0 Å². The summed E-state index contributed by atoms with van der Waals surface area (Å²) in [5, 5.41) is 2.62. The number of hydrogen-bond acceptors (Lipinski definition) is 3.